The highest BCUT2D eigenvalue weighted by Crippen LogP contribution is 2.16. The minimum absolute atomic E-state index is 0.129. The number of methoxy groups -OCH3 is 1. The highest BCUT2D eigenvalue weighted by Gasteiger charge is 2.05. The molecule has 0 radical (unpaired) electrons. The zero-order valence-corrected chi connectivity index (χ0v) is 10.5. The van der Waals surface area contributed by atoms with E-state index in [1.165, 1.54) is 0 Å². The van der Waals surface area contributed by atoms with Crippen molar-refractivity contribution in [2.75, 3.05) is 13.7 Å². The molecule has 0 amide bonds. The maximum atomic E-state index is 11.9. The van der Waals surface area contributed by atoms with Gasteiger partial charge >= 0.3 is 0 Å². The van der Waals surface area contributed by atoms with E-state index in [1.807, 2.05) is 31.2 Å². The Bertz CT molecular complexity index is 674. The molecule has 3 nitrogen and oxygen atoms in total. The van der Waals surface area contributed by atoms with Crippen molar-refractivity contribution < 1.29 is 4.74 Å². The summed E-state index contributed by atoms with van der Waals surface area (Å²) in [6.45, 7) is 2.51. The molecule has 3 heteroatoms. The molecule has 0 bridgehead atoms. The molecular formula is C15H15NO2. The average Bonchev–Trinajstić information content (AvgIpc) is 2.38. The summed E-state index contributed by atoms with van der Waals surface area (Å²) >= 11 is 0. The molecule has 92 valence electrons. The second-order valence-electron chi connectivity index (χ2n) is 4.04. The fourth-order valence-corrected chi connectivity index (χ4v) is 1.86. The summed E-state index contributed by atoms with van der Waals surface area (Å²) in [4.78, 5) is 14.8. The molecule has 0 fully saturated rings. The monoisotopic (exact) mass is 241 g/mol. The van der Waals surface area contributed by atoms with E-state index >= 15 is 0 Å². The zero-order valence-electron chi connectivity index (χ0n) is 10.5. The normalized spacial score (nSPS) is 10.1. The van der Waals surface area contributed by atoms with Gasteiger partial charge in [0.05, 0.1) is 12.2 Å². The Morgan fingerprint density at radius 2 is 2.11 bits per heavy atom. The number of benzene rings is 1. The molecule has 0 saturated carbocycles. The van der Waals surface area contributed by atoms with Crippen molar-refractivity contribution in [3.8, 4) is 11.8 Å². The Morgan fingerprint density at radius 3 is 2.89 bits per heavy atom. The lowest BCUT2D eigenvalue weighted by atomic mass is 10.1. The Morgan fingerprint density at radius 1 is 1.33 bits per heavy atom. The molecule has 1 aromatic heterocycles. The Kier molecular flexibility index (Phi) is 3.81. The quantitative estimate of drug-likeness (QED) is 0.647. The molecule has 0 saturated heterocycles. The van der Waals surface area contributed by atoms with Crippen molar-refractivity contribution >= 4 is 10.9 Å². The van der Waals surface area contributed by atoms with Gasteiger partial charge in [0.25, 0.3) is 5.56 Å². The lowest BCUT2D eigenvalue weighted by molar-refractivity contribution is 0.206. The first-order valence-electron chi connectivity index (χ1n) is 5.83. The predicted octanol–water partition coefficient (Wildman–Crippen LogP) is 2.22. The van der Waals surface area contributed by atoms with Crippen molar-refractivity contribution in [3.05, 3.63) is 45.7 Å². The minimum Gasteiger partial charge on any atom is -0.384 e. The number of para-hydroxylation sites is 1. The number of rotatable bonds is 2. The van der Waals surface area contributed by atoms with Crippen molar-refractivity contribution in [1.29, 1.82) is 0 Å². The van der Waals surface area contributed by atoms with Crippen molar-refractivity contribution in [3.63, 3.8) is 0 Å². The minimum atomic E-state index is -0.129. The van der Waals surface area contributed by atoms with Gasteiger partial charge in [0, 0.05) is 24.4 Å². The van der Waals surface area contributed by atoms with Gasteiger partial charge in [0.2, 0.25) is 0 Å². The second kappa shape index (κ2) is 5.52. The van der Waals surface area contributed by atoms with Crippen LogP contribution in [0.25, 0.3) is 10.9 Å². The molecule has 0 atom stereocenters. The van der Waals surface area contributed by atoms with Gasteiger partial charge in [-0.05, 0) is 18.6 Å². The van der Waals surface area contributed by atoms with Crippen LogP contribution in [0.5, 0.6) is 0 Å². The molecule has 0 aliphatic heterocycles. The van der Waals surface area contributed by atoms with Crippen LogP contribution < -0.4 is 5.56 Å². The van der Waals surface area contributed by atoms with E-state index in [4.69, 9.17) is 4.74 Å². The predicted molar refractivity (Wildman–Crippen MR) is 72.7 cm³/mol. The number of hydrogen-bond donors (Lipinski definition) is 1. The van der Waals surface area contributed by atoms with Gasteiger partial charge in [0.15, 0.2) is 0 Å². The fraction of sp³-hybridized carbons (Fsp3) is 0.267. The highest BCUT2D eigenvalue weighted by molar-refractivity contribution is 5.83. The topological polar surface area (TPSA) is 42.1 Å². The van der Waals surface area contributed by atoms with Crippen LogP contribution in [0.2, 0.25) is 0 Å². The van der Waals surface area contributed by atoms with Crippen LogP contribution in [0.3, 0.4) is 0 Å². The van der Waals surface area contributed by atoms with E-state index in [0.717, 1.165) is 16.5 Å². The lowest BCUT2D eigenvalue weighted by Crippen LogP contribution is -2.12. The van der Waals surface area contributed by atoms with Crippen LogP contribution in [0.15, 0.2) is 29.1 Å². The summed E-state index contributed by atoms with van der Waals surface area (Å²) in [5.41, 5.74) is 2.20. The smallest absolute Gasteiger partial charge is 0.264 e. The van der Waals surface area contributed by atoms with Crippen LogP contribution in [-0.2, 0) is 4.74 Å². The molecular weight excluding hydrogens is 226 g/mol. The first-order chi connectivity index (χ1) is 8.74. The molecule has 18 heavy (non-hydrogen) atoms. The van der Waals surface area contributed by atoms with E-state index < -0.39 is 0 Å². The largest absolute Gasteiger partial charge is 0.384 e. The second-order valence-corrected chi connectivity index (χ2v) is 4.04. The third-order valence-electron chi connectivity index (χ3n) is 2.83. The van der Waals surface area contributed by atoms with Gasteiger partial charge in [-0.3, -0.25) is 4.79 Å². The molecule has 2 aromatic rings. The van der Waals surface area contributed by atoms with Crippen molar-refractivity contribution in [1.82, 2.24) is 4.98 Å². The molecule has 0 aliphatic rings. The number of aromatic nitrogens is 1. The Hall–Kier alpha value is -2.05. The van der Waals surface area contributed by atoms with Crippen LogP contribution in [0.4, 0.5) is 0 Å². The third kappa shape index (κ3) is 2.44. The average molecular weight is 241 g/mol. The van der Waals surface area contributed by atoms with Crippen LogP contribution in [0, 0.1) is 18.8 Å². The number of hydrogen-bond acceptors (Lipinski definition) is 2. The molecule has 2 rings (SSSR count). The summed E-state index contributed by atoms with van der Waals surface area (Å²) in [5, 5.41) is 1.04. The molecule has 1 aromatic carbocycles. The summed E-state index contributed by atoms with van der Waals surface area (Å²) in [6.07, 6.45) is 0.627. The number of aromatic amines is 1. The molecule has 0 unspecified atom stereocenters. The van der Waals surface area contributed by atoms with Crippen molar-refractivity contribution in [2.45, 2.75) is 13.3 Å². The molecule has 1 heterocycles. The maximum Gasteiger partial charge on any atom is 0.264 e. The van der Waals surface area contributed by atoms with E-state index in [1.54, 1.807) is 7.11 Å². The number of ether oxygens (including phenoxy) is 1. The number of fused-ring (bicyclic) bond motifs is 1. The SMILES string of the molecule is COCCC#Cc1c(C)c2ccccc2[nH]c1=O. The summed E-state index contributed by atoms with van der Waals surface area (Å²) < 4.78 is 4.92. The van der Waals surface area contributed by atoms with Gasteiger partial charge in [-0.2, -0.15) is 0 Å². The van der Waals surface area contributed by atoms with Crippen LogP contribution in [0.1, 0.15) is 17.5 Å². The van der Waals surface area contributed by atoms with Gasteiger partial charge in [-0.25, -0.2) is 0 Å². The number of H-pyrrole nitrogens is 1. The molecule has 0 spiro atoms. The van der Waals surface area contributed by atoms with Gasteiger partial charge < -0.3 is 9.72 Å². The lowest BCUT2D eigenvalue weighted by Gasteiger charge is -2.03. The maximum absolute atomic E-state index is 11.9. The van der Waals surface area contributed by atoms with Gasteiger partial charge in [-0.1, -0.05) is 30.0 Å². The summed E-state index contributed by atoms with van der Waals surface area (Å²) in [5.74, 6) is 5.89. The van der Waals surface area contributed by atoms with E-state index in [-0.39, 0.29) is 5.56 Å². The highest BCUT2D eigenvalue weighted by atomic mass is 16.5. The number of pyridine rings is 1. The van der Waals surface area contributed by atoms with Crippen LogP contribution in [-0.4, -0.2) is 18.7 Å². The Balaban J connectivity index is 2.50. The summed E-state index contributed by atoms with van der Waals surface area (Å²) in [7, 11) is 1.63. The first-order valence-corrected chi connectivity index (χ1v) is 5.83. The van der Waals surface area contributed by atoms with E-state index in [2.05, 4.69) is 16.8 Å². The molecule has 0 aliphatic carbocycles. The summed E-state index contributed by atoms with van der Waals surface area (Å²) in [6, 6.07) is 7.74. The number of aryl methyl sites for hydroxylation is 1. The fourth-order valence-electron chi connectivity index (χ4n) is 1.86. The third-order valence-corrected chi connectivity index (χ3v) is 2.83. The number of nitrogens with one attached hydrogen (secondary N) is 1. The van der Waals surface area contributed by atoms with E-state index in [9.17, 15) is 4.79 Å². The van der Waals surface area contributed by atoms with E-state index in [0.29, 0.717) is 18.6 Å². The standard InChI is InChI=1S/C15H15NO2/c1-11-12-7-3-4-9-14(12)16-15(17)13(11)8-5-6-10-18-2/h3-4,7,9H,6,10H2,1-2H3,(H,16,17). The van der Waals surface area contributed by atoms with Crippen LogP contribution >= 0.6 is 0 Å². The molecule has 1 N–H and O–H groups in total. The first kappa shape index (κ1) is 12.4. The van der Waals surface area contributed by atoms with Gasteiger partial charge in [0.1, 0.15) is 0 Å². The van der Waals surface area contributed by atoms with Gasteiger partial charge in [-0.15, -0.1) is 0 Å². The zero-order chi connectivity index (χ0) is 13.0. The van der Waals surface area contributed by atoms with Crippen molar-refractivity contribution in [2.24, 2.45) is 0 Å². The Labute approximate surface area is 106 Å².